The Morgan fingerprint density at radius 1 is 0.968 bits per heavy atom. The monoisotopic (exact) mass is 439 g/mol. The molecule has 0 aromatic rings. The van der Waals surface area contributed by atoms with Gasteiger partial charge in [-0.2, -0.15) is 0 Å². The lowest BCUT2D eigenvalue weighted by Crippen LogP contribution is -2.50. The first kappa shape index (κ1) is 24.9. The molecule has 3 amide bonds. The molecule has 1 unspecified atom stereocenters. The number of likely N-dealkylation sites (tertiary alicyclic amines) is 2. The SMILES string of the molecule is CCOC(=O)C1CCN(C(=O)CN(C)C(=O)C2CCCN(C(=O)OC(C)(C)C)C2)CC1. The molecule has 31 heavy (non-hydrogen) atoms. The van der Waals surface area contributed by atoms with Gasteiger partial charge < -0.3 is 24.2 Å². The Bertz CT molecular complexity index is 667. The van der Waals surface area contributed by atoms with E-state index < -0.39 is 11.7 Å². The summed E-state index contributed by atoms with van der Waals surface area (Å²) in [7, 11) is 1.62. The van der Waals surface area contributed by atoms with Crippen molar-refractivity contribution in [1.29, 1.82) is 0 Å². The van der Waals surface area contributed by atoms with Gasteiger partial charge in [-0.25, -0.2) is 4.79 Å². The molecule has 2 aliphatic rings. The van der Waals surface area contributed by atoms with Crippen molar-refractivity contribution in [2.45, 2.75) is 59.0 Å². The average Bonchev–Trinajstić information content (AvgIpc) is 2.72. The largest absolute Gasteiger partial charge is 0.466 e. The van der Waals surface area contributed by atoms with E-state index in [4.69, 9.17) is 9.47 Å². The smallest absolute Gasteiger partial charge is 0.410 e. The topological polar surface area (TPSA) is 96.5 Å². The fraction of sp³-hybridized carbons (Fsp3) is 0.818. The van der Waals surface area contributed by atoms with Crippen molar-refractivity contribution in [3.05, 3.63) is 0 Å². The first-order chi connectivity index (χ1) is 14.5. The van der Waals surface area contributed by atoms with Crippen molar-refractivity contribution in [2.24, 2.45) is 11.8 Å². The number of amides is 3. The van der Waals surface area contributed by atoms with E-state index in [1.54, 1.807) is 23.8 Å². The molecular formula is C22H37N3O6. The molecule has 2 saturated heterocycles. The van der Waals surface area contributed by atoms with Gasteiger partial charge in [0.2, 0.25) is 11.8 Å². The predicted molar refractivity (Wildman–Crippen MR) is 114 cm³/mol. The minimum absolute atomic E-state index is 0.00809. The van der Waals surface area contributed by atoms with Gasteiger partial charge in [0.15, 0.2) is 0 Å². The van der Waals surface area contributed by atoms with Crippen molar-refractivity contribution in [3.8, 4) is 0 Å². The van der Waals surface area contributed by atoms with Crippen LogP contribution in [-0.4, -0.2) is 90.6 Å². The summed E-state index contributed by atoms with van der Waals surface area (Å²) in [4.78, 5) is 54.5. The van der Waals surface area contributed by atoms with Gasteiger partial charge in [0.1, 0.15) is 5.60 Å². The molecule has 0 N–H and O–H groups in total. The first-order valence-electron chi connectivity index (χ1n) is 11.2. The number of hydrogen-bond donors (Lipinski definition) is 0. The Labute approximate surface area is 185 Å². The molecular weight excluding hydrogens is 402 g/mol. The van der Waals surface area contributed by atoms with Crippen molar-refractivity contribution < 1.29 is 28.7 Å². The number of hydrogen-bond acceptors (Lipinski definition) is 6. The molecule has 0 bridgehead atoms. The highest BCUT2D eigenvalue weighted by Crippen LogP contribution is 2.22. The zero-order valence-electron chi connectivity index (χ0n) is 19.5. The van der Waals surface area contributed by atoms with E-state index in [0.29, 0.717) is 52.0 Å². The predicted octanol–water partition coefficient (Wildman–Crippen LogP) is 1.89. The summed E-state index contributed by atoms with van der Waals surface area (Å²) in [5.74, 6) is -0.965. The lowest BCUT2D eigenvalue weighted by Gasteiger charge is -2.35. The minimum atomic E-state index is -0.585. The molecule has 1 atom stereocenters. The number of esters is 1. The molecule has 9 nitrogen and oxygen atoms in total. The summed E-state index contributed by atoms with van der Waals surface area (Å²) in [6, 6.07) is 0. The van der Waals surface area contributed by atoms with Crippen LogP contribution in [0.25, 0.3) is 0 Å². The maximum absolute atomic E-state index is 12.9. The van der Waals surface area contributed by atoms with Gasteiger partial charge in [-0.1, -0.05) is 0 Å². The van der Waals surface area contributed by atoms with E-state index in [1.165, 1.54) is 4.90 Å². The van der Waals surface area contributed by atoms with Crippen LogP contribution in [0.4, 0.5) is 4.79 Å². The number of carbonyl (C=O) groups excluding carboxylic acids is 4. The van der Waals surface area contributed by atoms with E-state index in [0.717, 1.165) is 6.42 Å². The molecule has 2 rings (SSSR count). The van der Waals surface area contributed by atoms with Gasteiger partial charge in [-0.3, -0.25) is 14.4 Å². The average molecular weight is 440 g/mol. The second-order valence-corrected chi connectivity index (χ2v) is 9.37. The van der Waals surface area contributed by atoms with Crippen LogP contribution < -0.4 is 0 Å². The Hall–Kier alpha value is -2.32. The summed E-state index contributed by atoms with van der Waals surface area (Å²) in [5, 5.41) is 0. The Kier molecular flexibility index (Phi) is 8.70. The van der Waals surface area contributed by atoms with Crippen LogP contribution in [0.1, 0.15) is 53.4 Å². The zero-order chi connectivity index (χ0) is 23.2. The lowest BCUT2D eigenvalue weighted by atomic mass is 9.96. The van der Waals surface area contributed by atoms with Gasteiger partial charge in [-0.05, 0) is 53.4 Å². The standard InChI is InChI=1S/C22H37N3O6/c1-6-30-20(28)16-9-12-24(13-10-16)18(26)15-23(5)19(27)17-8-7-11-25(14-17)21(29)31-22(2,3)4/h16-17H,6-15H2,1-5H3. The van der Waals surface area contributed by atoms with E-state index in [2.05, 4.69) is 0 Å². The number of carbonyl (C=O) groups is 4. The summed E-state index contributed by atoms with van der Waals surface area (Å²) < 4.78 is 10.5. The molecule has 0 aliphatic carbocycles. The molecule has 0 aromatic carbocycles. The highest BCUT2D eigenvalue weighted by molar-refractivity contribution is 5.86. The lowest BCUT2D eigenvalue weighted by molar-refractivity contribution is -0.151. The molecule has 2 aliphatic heterocycles. The van der Waals surface area contributed by atoms with Crippen LogP contribution in [0.15, 0.2) is 0 Å². The zero-order valence-corrected chi connectivity index (χ0v) is 19.5. The maximum Gasteiger partial charge on any atom is 0.410 e. The van der Waals surface area contributed by atoms with E-state index >= 15 is 0 Å². The Morgan fingerprint density at radius 2 is 1.61 bits per heavy atom. The van der Waals surface area contributed by atoms with Crippen molar-refractivity contribution >= 4 is 23.9 Å². The minimum Gasteiger partial charge on any atom is -0.466 e. The van der Waals surface area contributed by atoms with Crippen LogP contribution in [0.5, 0.6) is 0 Å². The van der Waals surface area contributed by atoms with Crippen molar-refractivity contribution in [1.82, 2.24) is 14.7 Å². The highest BCUT2D eigenvalue weighted by atomic mass is 16.6. The Morgan fingerprint density at radius 3 is 2.19 bits per heavy atom. The van der Waals surface area contributed by atoms with Gasteiger partial charge in [0, 0.05) is 33.2 Å². The second kappa shape index (κ2) is 10.8. The number of likely N-dealkylation sites (N-methyl/N-ethyl adjacent to an activating group) is 1. The molecule has 0 radical (unpaired) electrons. The molecule has 2 heterocycles. The molecule has 9 heteroatoms. The van der Waals surface area contributed by atoms with Gasteiger partial charge >= 0.3 is 12.1 Å². The number of piperidine rings is 2. The summed E-state index contributed by atoms with van der Waals surface area (Å²) in [5.41, 5.74) is -0.585. The third-order valence-corrected chi connectivity index (χ3v) is 5.64. The third-order valence-electron chi connectivity index (χ3n) is 5.64. The molecule has 0 aromatic heterocycles. The summed E-state index contributed by atoms with van der Waals surface area (Å²) in [6.45, 7) is 9.41. The quantitative estimate of drug-likeness (QED) is 0.607. The highest BCUT2D eigenvalue weighted by Gasteiger charge is 2.34. The summed E-state index contributed by atoms with van der Waals surface area (Å²) >= 11 is 0. The number of nitrogens with zero attached hydrogens (tertiary/aromatic N) is 3. The number of ether oxygens (including phenoxy) is 2. The second-order valence-electron chi connectivity index (χ2n) is 9.37. The maximum atomic E-state index is 12.9. The molecule has 176 valence electrons. The fourth-order valence-electron chi connectivity index (χ4n) is 3.99. The van der Waals surface area contributed by atoms with Crippen LogP contribution in [0, 0.1) is 11.8 Å². The third kappa shape index (κ3) is 7.40. The van der Waals surface area contributed by atoms with Gasteiger partial charge in [0.25, 0.3) is 0 Å². The first-order valence-corrected chi connectivity index (χ1v) is 11.2. The Balaban J connectivity index is 1.83. The van der Waals surface area contributed by atoms with Crippen LogP contribution >= 0.6 is 0 Å². The van der Waals surface area contributed by atoms with E-state index in [9.17, 15) is 19.2 Å². The van der Waals surface area contributed by atoms with Crippen LogP contribution in [0.2, 0.25) is 0 Å². The fourth-order valence-corrected chi connectivity index (χ4v) is 3.99. The normalized spacial score (nSPS) is 20.2. The van der Waals surface area contributed by atoms with Gasteiger partial charge in [-0.15, -0.1) is 0 Å². The summed E-state index contributed by atoms with van der Waals surface area (Å²) in [6.07, 6.45) is 2.15. The van der Waals surface area contributed by atoms with E-state index in [1.807, 2.05) is 20.8 Å². The molecule has 2 fully saturated rings. The van der Waals surface area contributed by atoms with Crippen LogP contribution in [-0.2, 0) is 23.9 Å². The molecule has 0 spiro atoms. The molecule has 0 saturated carbocycles. The number of rotatable bonds is 5. The van der Waals surface area contributed by atoms with E-state index in [-0.39, 0.29) is 36.2 Å². The van der Waals surface area contributed by atoms with Gasteiger partial charge in [0.05, 0.1) is 25.0 Å². The van der Waals surface area contributed by atoms with Crippen molar-refractivity contribution in [2.75, 3.05) is 46.4 Å². The van der Waals surface area contributed by atoms with Crippen LogP contribution in [0.3, 0.4) is 0 Å². The van der Waals surface area contributed by atoms with Crippen molar-refractivity contribution in [3.63, 3.8) is 0 Å².